The van der Waals surface area contributed by atoms with Gasteiger partial charge in [0.15, 0.2) is 17.5 Å². The van der Waals surface area contributed by atoms with Crippen molar-refractivity contribution in [3.63, 3.8) is 0 Å². The van der Waals surface area contributed by atoms with E-state index < -0.39 is 11.6 Å². The molecular weight excluding hydrogens is 258 g/mol. The zero-order chi connectivity index (χ0) is 13.1. The summed E-state index contributed by atoms with van der Waals surface area (Å²) in [5, 5.41) is 9.99. The number of nitrogens with two attached hydrogens (primary N) is 1. The smallest absolute Gasteiger partial charge is 0.182 e. The van der Waals surface area contributed by atoms with Crippen molar-refractivity contribution in [1.29, 1.82) is 0 Å². The molecule has 0 spiro atoms. The fraction of sp³-hybridized carbons (Fsp3) is 0. The fourth-order valence-electron chi connectivity index (χ4n) is 1.35. The molecule has 0 saturated heterocycles. The van der Waals surface area contributed by atoms with E-state index in [2.05, 4.69) is 15.5 Å². The molecular formula is C11H8F2N4S. The van der Waals surface area contributed by atoms with Gasteiger partial charge in [-0.1, -0.05) is 18.3 Å². The lowest BCUT2D eigenvalue weighted by Gasteiger charge is -2.09. The minimum Gasteiger partial charge on any atom is -0.389 e. The minimum atomic E-state index is -1.00. The van der Waals surface area contributed by atoms with Gasteiger partial charge >= 0.3 is 0 Å². The minimum absolute atomic E-state index is 0.0620. The van der Waals surface area contributed by atoms with Crippen molar-refractivity contribution in [3.8, 4) is 0 Å². The van der Waals surface area contributed by atoms with Crippen molar-refractivity contribution in [1.82, 2.24) is 10.2 Å². The number of anilines is 2. The molecule has 18 heavy (non-hydrogen) atoms. The summed E-state index contributed by atoms with van der Waals surface area (Å²) >= 11 is 4.83. The maximum Gasteiger partial charge on any atom is 0.182 e. The van der Waals surface area contributed by atoms with Gasteiger partial charge in [-0.25, -0.2) is 8.78 Å². The highest BCUT2D eigenvalue weighted by atomic mass is 32.1. The van der Waals surface area contributed by atoms with Crippen LogP contribution >= 0.6 is 12.2 Å². The summed E-state index contributed by atoms with van der Waals surface area (Å²) < 4.78 is 26.5. The Kier molecular flexibility index (Phi) is 3.42. The summed E-state index contributed by atoms with van der Waals surface area (Å²) in [4.78, 5) is 0.0872. The van der Waals surface area contributed by atoms with Crippen molar-refractivity contribution in [3.05, 3.63) is 47.7 Å². The zero-order valence-electron chi connectivity index (χ0n) is 9.02. The van der Waals surface area contributed by atoms with Gasteiger partial charge in [0.1, 0.15) is 4.99 Å². The lowest BCUT2D eigenvalue weighted by molar-refractivity contribution is 0.511. The molecule has 0 aliphatic rings. The van der Waals surface area contributed by atoms with Gasteiger partial charge < -0.3 is 11.1 Å². The standard InChI is InChI=1S/C11H8F2N4S/c12-7-2-1-3-8(9(7)13)16-11-6(10(14)18)4-5-15-17-11/h1-5H,(H2,14,18)(H,16,17). The molecule has 0 bridgehead atoms. The van der Waals surface area contributed by atoms with E-state index in [-0.39, 0.29) is 16.5 Å². The predicted octanol–water partition coefficient (Wildman–Crippen LogP) is 2.13. The molecule has 0 radical (unpaired) electrons. The number of rotatable bonds is 3. The summed E-state index contributed by atoms with van der Waals surface area (Å²) in [7, 11) is 0. The number of nitrogens with zero attached hydrogens (tertiary/aromatic N) is 2. The maximum absolute atomic E-state index is 13.5. The summed E-state index contributed by atoms with van der Waals surface area (Å²) in [5.74, 6) is -1.78. The molecule has 0 unspecified atom stereocenters. The van der Waals surface area contributed by atoms with E-state index in [4.69, 9.17) is 18.0 Å². The van der Waals surface area contributed by atoms with Crippen LogP contribution in [0, 0.1) is 11.6 Å². The first-order valence-corrected chi connectivity index (χ1v) is 5.33. The van der Waals surface area contributed by atoms with Crippen molar-refractivity contribution in [2.75, 3.05) is 5.32 Å². The topological polar surface area (TPSA) is 63.8 Å². The van der Waals surface area contributed by atoms with Crippen molar-refractivity contribution in [2.45, 2.75) is 0 Å². The van der Waals surface area contributed by atoms with E-state index in [1.165, 1.54) is 24.4 Å². The fourth-order valence-corrected chi connectivity index (χ4v) is 1.52. The molecule has 0 saturated carbocycles. The third-order valence-electron chi connectivity index (χ3n) is 2.19. The molecule has 0 amide bonds. The average Bonchev–Trinajstić information content (AvgIpc) is 2.35. The van der Waals surface area contributed by atoms with Crippen molar-refractivity contribution >= 4 is 28.7 Å². The SMILES string of the molecule is NC(=S)c1ccnnc1Nc1cccc(F)c1F. The molecule has 3 N–H and O–H groups in total. The van der Waals surface area contributed by atoms with Crippen LogP contribution in [0.2, 0.25) is 0 Å². The van der Waals surface area contributed by atoms with Crippen LogP contribution < -0.4 is 11.1 Å². The summed E-state index contributed by atoms with van der Waals surface area (Å²) in [6, 6.07) is 5.30. The molecule has 0 fully saturated rings. The summed E-state index contributed by atoms with van der Waals surface area (Å²) in [6.45, 7) is 0. The van der Waals surface area contributed by atoms with E-state index in [0.717, 1.165) is 6.07 Å². The van der Waals surface area contributed by atoms with Gasteiger partial charge in [0.05, 0.1) is 17.4 Å². The number of thiocarbonyl (C=S) groups is 1. The molecule has 0 aliphatic heterocycles. The van der Waals surface area contributed by atoms with Crippen LogP contribution in [0.15, 0.2) is 30.5 Å². The molecule has 2 aromatic rings. The second-order valence-corrected chi connectivity index (χ2v) is 3.82. The maximum atomic E-state index is 13.5. The lowest BCUT2D eigenvalue weighted by Crippen LogP contribution is -2.13. The van der Waals surface area contributed by atoms with Gasteiger partial charge in [0, 0.05) is 0 Å². The largest absolute Gasteiger partial charge is 0.389 e. The van der Waals surface area contributed by atoms with Gasteiger partial charge in [-0.05, 0) is 18.2 Å². The Labute approximate surface area is 107 Å². The number of hydrogen-bond acceptors (Lipinski definition) is 4. The van der Waals surface area contributed by atoms with Crippen LogP contribution in [0.3, 0.4) is 0 Å². The monoisotopic (exact) mass is 266 g/mol. The Bertz CT molecular complexity index is 603. The summed E-state index contributed by atoms with van der Waals surface area (Å²) in [6.07, 6.45) is 1.40. The third kappa shape index (κ3) is 2.40. The highest BCUT2D eigenvalue weighted by molar-refractivity contribution is 7.80. The second-order valence-electron chi connectivity index (χ2n) is 3.38. The molecule has 2 rings (SSSR count). The third-order valence-corrected chi connectivity index (χ3v) is 2.41. The molecule has 0 atom stereocenters. The molecule has 0 aliphatic carbocycles. The van der Waals surface area contributed by atoms with E-state index in [0.29, 0.717) is 5.56 Å². The predicted molar refractivity (Wildman–Crippen MR) is 67.6 cm³/mol. The average molecular weight is 266 g/mol. The molecule has 4 nitrogen and oxygen atoms in total. The van der Waals surface area contributed by atoms with Gasteiger partial charge in [0.2, 0.25) is 0 Å². The number of halogens is 2. The molecule has 7 heteroatoms. The number of benzene rings is 1. The highest BCUT2D eigenvalue weighted by Gasteiger charge is 2.11. The van der Waals surface area contributed by atoms with Gasteiger partial charge in [0.25, 0.3) is 0 Å². The van der Waals surface area contributed by atoms with Crippen LogP contribution in [0.1, 0.15) is 5.56 Å². The summed E-state index contributed by atoms with van der Waals surface area (Å²) in [5.41, 5.74) is 5.84. The van der Waals surface area contributed by atoms with Gasteiger partial charge in [-0.15, -0.1) is 5.10 Å². The first kappa shape index (κ1) is 12.3. The van der Waals surface area contributed by atoms with Gasteiger partial charge in [-0.3, -0.25) is 0 Å². The number of hydrogen-bond donors (Lipinski definition) is 2. The Balaban J connectivity index is 2.40. The quantitative estimate of drug-likeness (QED) is 0.833. The van der Waals surface area contributed by atoms with E-state index in [9.17, 15) is 8.78 Å². The van der Waals surface area contributed by atoms with Crippen LogP contribution in [0.25, 0.3) is 0 Å². The Morgan fingerprint density at radius 1 is 1.28 bits per heavy atom. The van der Waals surface area contributed by atoms with Crippen LogP contribution in [0.4, 0.5) is 20.3 Å². The number of aromatic nitrogens is 2. The highest BCUT2D eigenvalue weighted by Crippen LogP contribution is 2.22. The first-order chi connectivity index (χ1) is 8.59. The van der Waals surface area contributed by atoms with Crippen LogP contribution in [0.5, 0.6) is 0 Å². The molecule has 1 aromatic carbocycles. The molecule has 92 valence electrons. The van der Waals surface area contributed by atoms with E-state index in [1.54, 1.807) is 0 Å². The Hall–Kier alpha value is -2.15. The number of nitrogens with one attached hydrogen (secondary N) is 1. The van der Waals surface area contributed by atoms with Crippen LogP contribution in [-0.4, -0.2) is 15.2 Å². The lowest BCUT2D eigenvalue weighted by atomic mass is 10.2. The second kappa shape index (κ2) is 5.01. The first-order valence-electron chi connectivity index (χ1n) is 4.92. The van der Waals surface area contributed by atoms with Gasteiger partial charge in [-0.2, -0.15) is 5.10 Å². The Morgan fingerprint density at radius 3 is 2.78 bits per heavy atom. The molecule has 1 aromatic heterocycles. The molecule has 1 heterocycles. The van der Waals surface area contributed by atoms with E-state index in [1.807, 2.05) is 0 Å². The van der Waals surface area contributed by atoms with E-state index >= 15 is 0 Å². The van der Waals surface area contributed by atoms with Crippen LogP contribution in [-0.2, 0) is 0 Å². The zero-order valence-corrected chi connectivity index (χ0v) is 9.84. The normalized spacial score (nSPS) is 10.1. The Morgan fingerprint density at radius 2 is 2.06 bits per heavy atom. The van der Waals surface area contributed by atoms with Crippen molar-refractivity contribution < 1.29 is 8.78 Å². The van der Waals surface area contributed by atoms with Crippen molar-refractivity contribution in [2.24, 2.45) is 5.73 Å².